The van der Waals surface area contributed by atoms with Gasteiger partial charge in [0, 0.05) is 51.5 Å². The van der Waals surface area contributed by atoms with Crippen molar-refractivity contribution in [2.75, 3.05) is 59.5 Å². The van der Waals surface area contributed by atoms with Crippen molar-refractivity contribution in [2.24, 2.45) is 0 Å². The first-order valence-corrected chi connectivity index (χ1v) is 12.0. The number of hydrogen-bond donors (Lipinski definition) is 0. The maximum Gasteiger partial charge on any atom is 0.411 e. The van der Waals surface area contributed by atoms with Crippen molar-refractivity contribution in [3.63, 3.8) is 0 Å². The Hall–Kier alpha value is -1.38. The molecule has 3 heterocycles. The van der Waals surface area contributed by atoms with Crippen molar-refractivity contribution in [3.8, 4) is 0 Å². The number of piperazine rings is 1. The molecule has 0 spiro atoms. The third-order valence-electron chi connectivity index (χ3n) is 6.79. The van der Waals surface area contributed by atoms with Crippen LogP contribution >= 0.6 is 0 Å². The molecule has 0 bridgehead atoms. The summed E-state index contributed by atoms with van der Waals surface area (Å²) in [6.07, 6.45) is 3.49. The molecule has 0 aliphatic carbocycles. The van der Waals surface area contributed by atoms with Crippen LogP contribution in [0.3, 0.4) is 0 Å². The van der Waals surface area contributed by atoms with E-state index >= 15 is 0 Å². The molecule has 2 amide bonds. The lowest BCUT2D eigenvalue weighted by molar-refractivity contribution is -0.140. The van der Waals surface area contributed by atoms with Crippen LogP contribution < -0.4 is 0 Å². The first kappa shape index (κ1) is 24.3. The lowest BCUT2D eigenvalue weighted by atomic mass is 10.0. The van der Waals surface area contributed by atoms with Gasteiger partial charge in [-0.05, 0) is 73.5 Å². The number of ether oxygens (including phenoxy) is 2. The van der Waals surface area contributed by atoms with Gasteiger partial charge in [0.15, 0.2) is 0 Å². The molecule has 3 aliphatic heterocycles. The molecule has 0 aromatic carbocycles. The Morgan fingerprint density at radius 3 is 2.10 bits per heavy atom. The summed E-state index contributed by atoms with van der Waals surface area (Å²) in [5, 5.41) is 0. The average molecular weight is 439 g/mol. The molecule has 31 heavy (non-hydrogen) atoms. The summed E-state index contributed by atoms with van der Waals surface area (Å²) in [7, 11) is 2.18. The Balaban J connectivity index is 1.60. The van der Waals surface area contributed by atoms with Gasteiger partial charge in [0.2, 0.25) is 5.91 Å². The van der Waals surface area contributed by atoms with Crippen LogP contribution in [0.15, 0.2) is 0 Å². The summed E-state index contributed by atoms with van der Waals surface area (Å²) in [4.78, 5) is 35.0. The van der Waals surface area contributed by atoms with Gasteiger partial charge in [0.25, 0.3) is 0 Å². The minimum absolute atomic E-state index is 0.0249. The molecule has 8 heteroatoms. The minimum Gasteiger partial charge on any atom is -0.444 e. The van der Waals surface area contributed by atoms with Crippen LogP contribution in [0.4, 0.5) is 4.79 Å². The van der Waals surface area contributed by atoms with Gasteiger partial charge in [-0.25, -0.2) is 4.79 Å². The van der Waals surface area contributed by atoms with Crippen LogP contribution in [-0.2, 0) is 14.3 Å². The van der Waals surface area contributed by atoms with Crippen LogP contribution in [0.25, 0.3) is 0 Å². The molecule has 3 fully saturated rings. The molecular weight excluding hydrogens is 396 g/mol. The predicted molar refractivity (Wildman–Crippen MR) is 120 cm³/mol. The molecule has 3 saturated heterocycles. The van der Waals surface area contributed by atoms with E-state index in [9.17, 15) is 9.59 Å². The number of carbonyl (C=O) groups is 2. The standard InChI is InChI=1S/C23H42N4O4/c1-18(27(20-8-16-30-17-9-20)22(29)31-23(2,3)4)21(28)26-14-12-25(13-15-26)19-6-10-24(5)11-7-19/h18-20H,6-17H2,1-5H3/t18-/m0/s1. The maximum absolute atomic E-state index is 13.4. The third kappa shape index (κ3) is 6.56. The van der Waals surface area contributed by atoms with E-state index in [1.54, 1.807) is 4.90 Å². The van der Waals surface area contributed by atoms with E-state index in [4.69, 9.17) is 9.47 Å². The summed E-state index contributed by atoms with van der Waals surface area (Å²) in [6, 6.07) is 0.0715. The molecule has 0 aromatic heterocycles. The second kappa shape index (κ2) is 10.5. The highest BCUT2D eigenvalue weighted by molar-refractivity contribution is 5.85. The largest absolute Gasteiger partial charge is 0.444 e. The molecule has 3 aliphatic rings. The Labute approximate surface area is 187 Å². The summed E-state index contributed by atoms with van der Waals surface area (Å²) in [6.45, 7) is 14.2. The number of rotatable bonds is 4. The van der Waals surface area contributed by atoms with Crippen molar-refractivity contribution in [1.29, 1.82) is 0 Å². The van der Waals surface area contributed by atoms with E-state index in [0.717, 1.165) is 52.1 Å². The number of amides is 2. The van der Waals surface area contributed by atoms with E-state index in [2.05, 4.69) is 16.8 Å². The molecule has 0 N–H and O–H groups in total. The molecule has 178 valence electrons. The van der Waals surface area contributed by atoms with E-state index in [1.165, 1.54) is 12.8 Å². The van der Waals surface area contributed by atoms with Crippen LogP contribution in [-0.4, -0.2) is 115 Å². The lowest BCUT2D eigenvalue weighted by Gasteiger charge is -2.44. The summed E-state index contributed by atoms with van der Waals surface area (Å²) < 4.78 is 11.2. The number of carbonyl (C=O) groups excluding carboxylic acids is 2. The number of likely N-dealkylation sites (tertiary alicyclic amines) is 1. The Morgan fingerprint density at radius 1 is 0.968 bits per heavy atom. The van der Waals surface area contributed by atoms with Crippen LogP contribution in [0.5, 0.6) is 0 Å². The van der Waals surface area contributed by atoms with Gasteiger partial charge in [0.1, 0.15) is 11.6 Å². The predicted octanol–water partition coefficient (Wildman–Crippen LogP) is 2.03. The quantitative estimate of drug-likeness (QED) is 0.669. The number of piperidine rings is 1. The lowest BCUT2D eigenvalue weighted by Crippen LogP contribution is -2.59. The van der Waals surface area contributed by atoms with Crippen LogP contribution in [0.2, 0.25) is 0 Å². The third-order valence-corrected chi connectivity index (χ3v) is 6.79. The molecule has 0 unspecified atom stereocenters. The second-order valence-electron chi connectivity index (χ2n) is 10.3. The van der Waals surface area contributed by atoms with Crippen molar-refractivity contribution in [3.05, 3.63) is 0 Å². The fraction of sp³-hybridized carbons (Fsp3) is 0.913. The maximum atomic E-state index is 13.4. The topological polar surface area (TPSA) is 65.6 Å². The Bertz CT molecular complexity index is 601. The van der Waals surface area contributed by atoms with E-state index in [1.807, 2.05) is 32.6 Å². The molecule has 0 aromatic rings. The van der Waals surface area contributed by atoms with E-state index in [0.29, 0.717) is 19.3 Å². The van der Waals surface area contributed by atoms with Crippen molar-refractivity contribution in [1.82, 2.24) is 19.6 Å². The molecule has 1 atom stereocenters. The van der Waals surface area contributed by atoms with Crippen molar-refractivity contribution < 1.29 is 19.1 Å². The summed E-state index contributed by atoms with van der Waals surface area (Å²) in [5.41, 5.74) is -0.594. The Kier molecular flexibility index (Phi) is 8.21. The van der Waals surface area contributed by atoms with Crippen molar-refractivity contribution in [2.45, 2.75) is 77.1 Å². The fourth-order valence-corrected chi connectivity index (χ4v) is 4.95. The highest BCUT2D eigenvalue weighted by Crippen LogP contribution is 2.23. The van der Waals surface area contributed by atoms with Gasteiger partial charge >= 0.3 is 6.09 Å². The molecular formula is C23H42N4O4. The van der Waals surface area contributed by atoms with E-state index < -0.39 is 17.7 Å². The van der Waals surface area contributed by atoms with Gasteiger partial charge in [0.05, 0.1) is 0 Å². The fourth-order valence-electron chi connectivity index (χ4n) is 4.95. The van der Waals surface area contributed by atoms with Crippen LogP contribution in [0.1, 0.15) is 53.4 Å². The average Bonchev–Trinajstić information content (AvgIpc) is 2.73. The Morgan fingerprint density at radius 2 is 1.55 bits per heavy atom. The first-order chi connectivity index (χ1) is 14.7. The molecule has 3 rings (SSSR count). The van der Waals surface area contributed by atoms with Gasteiger partial charge in [-0.2, -0.15) is 0 Å². The van der Waals surface area contributed by atoms with Gasteiger partial charge in [-0.3, -0.25) is 14.6 Å². The molecule has 0 saturated carbocycles. The summed E-state index contributed by atoms with van der Waals surface area (Å²) >= 11 is 0. The smallest absolute Gasteiger partial charge is 0.411 e. The van der Waals surface area contributed by atoms with Gasteiger partial charge < -0.3 is 19.3 Å². The second-order valence-corrected chi connectivity index (χ2v) is 10.3. The zero-order chi connectivity index (χ0) is 22.6. The van der Waals surface area contributed by atoms with Crippen molar-refractivity contribution >= 4 is 12.0 Å². The van der Waals surface area contributed by atoms with Gasteiger partial charge in [-0.15, -0.1) is 0 Å². The zero-order valence-corrected chi connectivity index (χ0v) is 20.1. The highest BCUT2D eigenvalue weighted by Gasteiger charge is 2.38. The van der Waals surface area contributed by atoms with Crippen LogP contribution in [0, 0.1) is 0 Å². The minimum atomic E-state index is -0.594. The first-order valence-electron chi connectivity index (χ1n) is 12.0. The monoisotopic (exact) mass is 438 g/mol. The number of hydrogen-bond acceptors (Lipinski definition) is 6. The molecule has 0 radical (unpaired) electrons. The zero-order valence-electron chi connectivity index (χ0n) is 20.1. The van der Waals surface area contributed by atoms with Gasteiger partial charge in [-0.1, -0.05) is 0 Å². The highest BCUT2D eigenvalue weighted by atomic mass is 16.6. The SMILES string of the molecule is C[C@@H](C(=O)N1CCN(C2CCN(C)CC2)CC1)N(C(=O)OC(C)(C)C)C1CCOCC1. The molecule has 8 nitrogen and oxygen atoms in total. The normalized spacial score (nSPS) is 24.1. The van der Waals surface area contributed by atoms with E-state index in [-0.39, 0.29) is 11.9 Å². The number of nitrogens with zero attached hydrogens (tertiary/aromatic N) is 4. The summed E-state index contributed by atoms with van der Waals surface area (Å²) in [5.74, 6) is 0.0281.